The van der Waals surface area contributed by atoms with Crippen LogP contribution >= 0.6 is 0 Å². The molecule has 1 amide bonds. The Morgan fingerprint density at radius 1 is 1.43 bits per heavy atom. The van der Waals surface area contributed by atoms with E-state index in [0.717, 1.165) is 6.26 Å². The number of carboxylic acid groups (broad SMARTS) is 1. The monoisotopic (exact) mass is 223 g/mol. The number of hydrogen-bond donors (Lipinski definition) is 2. The van der Waals surface area contributed by atoms with Crippen LogP contribution in [0.2, 0.25) is 0 Å². The molecule has 0 aromatic rings. The lowest BCUT2D eigenvalue weighted by atomic mass is 10.3. The number of aliphatic carboxylic acids is 1. The first kappa shape index (κ1) is 12.9. The van der Waals surface area contributed by atoms with E-state index in [1.807, 2.05) is 0 Å². The summed E-state index contributed by atoms with van der Waals surface area (Å²) in [6.45, 7) is 1.31. The average molecular weight is 223 g/mol. The van der Waals surface area contributed by atoms with Crippen molar-refractivity contribution in [3.63, 3.8) is 0 Å². The van der Waals surface area contributed by atoms with Gasteiger partial charge in [-0.15, -0.1) is 0 Å². The lowest BCUT2D eigenvalue weighted by molar-refractivity contribution is -0.141. The molecule has 1 atom stereocenters. The molecule has 0 spiro atoms. The number of amides is 1. The van der Waals surface area contributed by atoms with E-state index in [9.17, 15) is 18.0 Å². The van der Waals surface area contributed by atoms with E-state index in [-0.39, 0.29) is 12.2 Å². The minimum atomic E-state index is -3.18. The standard InChI is InChI=1S/C7H13NO5S/c1-5(7(10)11)8-6(9)3-4-14(2,12)13/h5H,3-4H2,1-2H3,(H,8,9)(H,10,11)/t5-/m1/s1. The van der Waals surface area contributed by atoms with E-state index >= 15 is 0 Å². The Balaban J connectivity index is 3.95. The third kappa shape index (κ3) is 6.41. The Labute approximate surface area is 82.2 Å². The maximum absolute atomic E-state index is 11.0. The van der Waals surface area contributed by atoms with Gasteiger partial charge >= 0.3 is 5.97 Å². The van der Waals surface area contributed by atoms with Gasteiger partial charge in [-0.2, -0.15) is 0 Å². The van der Waals surface area contributed by atoms with Gasteiger partial charge in [-0.1, -0.05) is 0 Å². The van der Waals surface area contributed by atoms with Gasteiger partial charge in [-0.25, -0.2) is 8.42 Å². The van der Waals surface area contributed by atoms with Crippen molar-refractivity contribution >= 4 is 21.7 Å². The quantitative estimate of drug-likeness (QED) is 0.623. The number of sulfone groups is 1. The smallest absolute Gasteiger partial charge is 0.325 e. The van der Waals surface area contributed by atoms with E-state index in [1.165, 1.54) is 6.92 Å². The summed E-state index contributed by atoms with van der Waals surface area (Å²) in [7, 11) is -3.18. The lowest BCUT2D eigenvalue weighted by Crippen LogP contribution is -2.38. The Morgan fingerprint density at radius 2 is 1.93 bits per heavy atom. The molecule has 0 aromatic carbocycles. The van der Waals surface area contributed by atoms with Gasteiger partial charge in [0.05, 0.1) is 5.75 Å². The van der Waals surface area contributed by atoms with Crippen LogP contribution in [0.25, 0.3) is 0 Å². The summed E-state index contributed by atoms with van der Waals surface area (Å²) >= 11 is 0. The van der Waals surface area contributed by atoms with Crippen molar-refractivity contribution in [3.05, 3.63) is 0 Å². The molecule has 0 heterocycles. The molecule has 14 heavy (non-hydrogen) atoms. The highest BCUT2D eigenvalue weighted by atomic mass is 32.2. The predicted octanol–water partition coefficient (Wildman–Crippen LogP) is -0.990. The molecule has 0 saturated carbocycles. The minimum absolute atomic E-state index is 0.212. The molecule has 0 fully saturated rings. The van der Waals surface area contributed by atoms with Crippen molar-refractivity contribution < 1.29 is 23.1 Å². The predicted molar refractivity (Wildman–Crippen MR) is 49.6 cm³/mol. The molecule has 0 aromatic heterocycles. The summed E-state index contributed by atoms with van der Waals surface area (Å²) in [6.07, 6.45) is 0.803. The van der Waals surface area contributed by atoms with E-state index in [1.54, 1.807) is 0 Å². The highest BCUT2D eigenvalue weighted by Crippen LogP contribution is 1.90. The Morgan fingerprint density at radius 3 is 2.29 bits per heavy atom. The molecule has 0 bridgehead atoms. The minimum Gasteiger partial charge on any atom is -0.480 e. The molecule has 2 N–H and O–H groups in total. The molecule has 0 aliphatic rings. The Bertz CT molecular complexity index is 321. The zero-order valence-corrected chi connectivity index (χ0v) is 8.80. The van der Waals surface area contributed by atoms with Gasteiger partial charge in [-0.05, 0) is 6.92 Å². The van der Waals surface area contributed by atoms with E-state index in [4.69, 9.17) is 5.11 Å². The summed E-state index contributed by atoms with van der Waals surface area (Å²) in [5.74, 6) is -2.01. The molecule has 0 rings (SSSR count). The van der Waals surface area contributed by atoms with Crippen LogP contribution in [0.1, 0.15) is 13.3 Å². The molecular formula is C7H13NO5S. The highest BCUT2D eigenvalue weighted by Gasteiger charge is 2.14. The fraction of sp³-hybridized carbons (Fsp3) is 0.714. The molecule has 7 heteroatoms. The fourth-order valence-corrected chi connectivity index (χ4v) is 1.21. The molecule has 82 valence electrons. The molecule has 0 saturated heterocycles. The van der Waals surface area contributed by atoms with Gasteiger partial charge < -0.3 is 10.4 Å². The van der Waals surface area contributed by atoms with Crippen molar-refractivity contribution in [1.29, 1.82) is 0 Å². The summed E-state index contributed by atoms with van der Waals surface area (Å²) in [5, 5.41) is 10.6. The van der Waals surface area contributed by atoms with Crippen LogP contribution in [0.4, 0.5) is 0 Å². The Hall–Kier alpha value is -1.11. The lowest BCUT2D eigenvalue weighted by Gasteiger charge is -2.08. The van der Waals surface area contributed by atoms with Crippen LogP contribution in [0.3, 0.4) is 0 Å². The number of carbonyl (C=O) groups excluding carboxylic acids is 1. The summed E-state index contributed by atoms with van der Waals surface area (Å²) in [6, 6.07) is -0.998. The largest absolute Gasteiger partial charge is 0.480 e. The summed E-state index contributed by atoms with van der Waals surface area (Å²) in [4.78, 5) is 21.3. The second kappa shape index (κ2) is 4.94. The second-order valence-corrected chi connectivity index (χ2v) is 5.27. The third-order valence-corrected chi connectivity index (χ3v) is 2.39. The number of carbonyl (C=O) groups is 2. The molecule has 0 aliphatic carbocycles. The zero-order valence-electron chi connectivity index (χ0n) is 7.98. The number of rotatable bonds is 5. The van der Waals surface area contributed by atoms with E-state index in [0.29, 0.717) is 0 Å². The molecule has 0 unspecified atom stereocenters. The van der Waals surface area contributed by atoms with Crippen LogP contribution in [0.15, 0.2) is 0 Å². The van der Waals surface area contributed by atoms with Crippen molar-refractivity contribution in [1.82, 2.24) is 5.32 Å². The van der Waals surface area contributed by atoms with Gasteiger partial charge in [0.2, 0.25) is 5.91 Å². The van der Waals surface area contributed by atoms with Gasteiger partial charge in [0, 0.05) is 12.7 Å². The van der Waals surface area contributed by atoms with Crippen molar-refractivity contribution in [3.8, 4) is 0 Å². The SMILES string of the molecule is C[C@@H](NC(=O)CCS(C)(=O)=O)C(=O)O. The van der Waals surface area contributed by atoms with E-state index in [2.05, 4.69) is 5.32 Å². The van der Waals surface area contributed by atoms with Crippen LogP contribution in [0, 0.1) is 0 Å². The first-order valence-electron chi connectivity index (χ1n) is 3.92. The normalized spacial score (nSPS) is 13.3. The average Bonchev–Trinajstić information content (AvgIpc) is 1.99. The van der Waals surface area contributed by atoms with Gasteiger partial charge in [-0.3, -0.25) is 9.59 Å². The first-order valence-corrected chi connectivity index (χ1v) is 5.98. The maximum atomic E-state index is 11.0. The Kier molecular flexibility index (Phi) is 4.55. The third-order valence-electron chi connectivity index (χ3n) is 1.45. The van der Waals surface area contributed by atoms with Crippen molar-refractivity contribution in [2.45, 2.75) is 19.4 Å². The molecule has 0 radical (unpaired) electrons. The fourth-order valence-electron chi connectivity index (χ4n) is 0.653. The highest BCUT2D eigenvalue weighted by molar-refractivity contribution is 7.90. The van der Waals surface area contributed by atoms with Gasteiger partial charge in [0.15, 0.2) is 0 Å². The van der Waals surface area contributed by atoms with Crippen LogP contribution < -0.4 is 5.32 Å². The number of nitrogens with one attached hydrogen (secondary N) is 1. The zero-order chi connectivity index (χ0) is 11.4. The van der Waals surface area contributed by atoms with Crippen molar-refractivity contribution in [2.75, 3.05) is 12.0 Å². The van der Waals surface area contributed by atoms with Crippen LogP contribution in [-0.4, -0.2) is 43.5 Å². The van der Waals surface area contributed by atoms with Crippen LogP contribution in [-0.2, 0) is 19.4 Å². The summed E-state index contributed by atoms with van der Waals surface area (Å²) < 4.78 is 21.3. The molecule has 6 nitrogen and oxygen atoms in total. The number of carboxylic acids is 1. The molecule has 0 aliphatic heterocycles. The summed E-state index contributed by atoms with van der Waals surface area (Å²) in [5.41, 5.74) is 0. The van der Waals surface area contributed by atoms with Gasteiger partial charge in [0.25, 0.3) is 0 Å². The van der Waals surface area contributed by atoms with Crippen LogP contribution in [0.5, 0.6) is 0 Å². The van der Waals surface area contributed by atoms with Crippen molar-refractivity contribution in [2.24, 2.45) is 0 Å². The first-order chi connectivity index (χ1) is 6.22. The topological polar surface area (TPSA) is 101 Å². The number of hydrogen-bond acceptors (Lipinski definition) is 4. The second-order valence-electron chi connectivity index (χ2n) is 3.01. The maximum Gasteiger partial charge on any atom is 0.325 e. The van der Waals surface area contributed by atoms with Gasteiger partial charge in [0.1, 0.15) is 15.9 Å². The van der Waals surface area contributed by atoms with E-state index < -0.39 is 27.8 Å². The molecular weight excluding hydrogens is 210 g/mol.